The van der Waals surface area contributed by atoms with Crippen molar-refractivity contribution in [2.24, 2.45) is 29.6 Å². The first-order valence-electron chi connectivity index (χ1n) is 9.60. The van der Waals surface area contributed by atoms with Crippen molar-refractivity contribution in [3.8, 4) is 0 Å². The molecule has 23 heavy (non-hydrogen) atoms. The fraction of sp³-hybridized carbons (Fsp3) is 0.850. The van der Waals surface area contributed by atoms with Crippen molar-refractivity contribution in [3.05, 3.63) is 12.2 Å². The topological polar surface area (TPSA) is 29.5 Å². The predicted octanol–water partition coefficient (Wildman–Crippen LogP) is 3.99. The fourth-order valence-corrected chi connectivity index (χ4v) is 5.73. The molecule has 2 heterocycles. The molecule has 0 aromatic rings. The summed E-state index contributed by atoms with van der Waals surface area (Å²) in [6, 6.07) is 0. The minimum absolute atomic E-state index is 0.0249. The maximum Gasteiger partial charge on any atom is 0.228 e. The molecule has 3 nitrogen and oxygen atoms in total. The Bertz CT molecular complexity index is 526. The summed E-state index contributed by atoms with van der Waals surface area (Å²) < 4.78 is 6.58. The first-order chi connectivity index (χ1) is 10.9. The van der Waals surface area contributed by atoms with Crippen LogP contribution < -0.4 is 0 Å². The Hall–Kier alpha value is -0.830. The number of amides is 1. The molecule has 0 aromatic carbocycles. The van der Waals surface area contributed by atoms with E-state index in [1.54, 1.807) is 0 Å². The summed E-state index contributed by atoms with van der Waals surface area (Å²) >= 11 is 0. The molecule has 1 amide bonds. The lowest BCUT2D eigenvalue weighted by molar-refractivity contribution is -0.224. The standard InChI is InChI=1S/C20H31NO2/c1-5-13-7-8-14-15(11-13)18(22)21-19(14)23-17-10-12(2)6-9-16(17)20(21,3)4/h7-8,12-17,19H,5-6,9-11H2,1-4H3/t12-,13-,14+,15-,16-,17-,19?/m1/s1. The van der Waals surface area contributed by atoms with Gasteiger partial charge in [0, 0.05) is 23.3 Å². The van der Waals surface area contributed by atoms with Gasteiger partial charge in [0.2, 0.25) is 5.91 Å². The SMILES string of the molecule is CC[C@@H]1C=C[C@@H]2C3O[C@@H]4C[C@H](C)CC[C@H]4C(C)(C)N3C(=O)[C@@H]2C1. The molecular weight excluding hydrogens is 286 g/mol. The highest BCUT2D eigenvalue weighted by atomic mass is 16.5. The summed E-state index contributed by atoms with van der Waals surface area (Å²) in [7, 11) is 0. The number of ether oxygens (including phenoxy) is 1. The highest BCUT2D eigenvalue weighted by Gasteiger charge is 2.60. The van der Waals surface area contributed by atoms with E-state index in [0.29, 0.717) is 23.8 Å². The van der Waals surface area contributed by atoms with E-state index in [0.717, 1.165) is 25.2 Å². The van der Waals surface area contributed by atoms with Gasteiger partial charge in [0.05, 0.1) is 6.10 Å². The Balaban J connectivity index is 1.67. The molecule has 4 aliphatic rings. The third-order valence-electron chi connectivity index (χ3n) is 7.19. The molecule has 0 aromatic heterocycles. The maximum absolute atomic E-state index is 13.2. The number of carbonyl (C=O) groups excluding carboxylic acids is 1. The molecule has 2 aliphatic carbocycles. The molecule has 7 atom stereocenters. The van der Waals surface area contributed by atoms with Crippen molar-refractivity contribution in [2.45, 2.75) is 77.7 Å². The Morgan fingerprint density at radius 2 is 2.04 bits per heavy atom. The monoisotopic (exact) mass is 317 g/mol. The second-order valence-corrected chi connectivity index (χ2v) is 8.92. The van der Waals surface area contributed by atoms with E-state index in [4.69, 9.17) is 4.74 Å². The van der Waals surface area contributed by atoms with Gasteiger partial charge in [0.15, 0.2) is 0 Å². The van der Waals surface area contributed by atoms with Crippen molar-refractivity contribution in [3.63, 3.8) is 0 Å². The number of nitrogens with zero attached hydrogens (tertiary/aromatic N) is 1. The van der Waals surface area contributed by atoms with Crippen LogP contribution in [0, 0.1) is 29.6 Å². The summed E-state index contributed by atoms with van der Waals surface area (Å²) in [5.74, 6) is 2.56. The van der Waals surface area contributed by atoms with Crippen LogP contribution in [0.5, 0.6) is 0 Å². The lowest BCUT2D eigenvalue weighted by Gasteiger charge is -2.55. The van der Waals surface area contributed by atoms with Gasteiger partial charge in [-0.05, 0) is 51.4 Å². The van der Waals surface area contributed by atoms with Gasteiger partial charge < -0.3 is 9.64 Å². The van der Waals surface area contributed by atoms with Crippen molar-refractivity contribution < 1.29 is 9.53 Å². The lowest BCUT2D eigenvalue weighted by Crippen LogP contribution is -2.64. The summed E-state index contributed by atoms with van der Waals surface area (Å²) in [5.41, 5.74) is -0.0717. The van der Waals surface area contributed by atoms with Gasteiger partial charge >= 0.3 is 0 Å². The van der Waals surface area contributed by atoms with Crippen LogP contribution in [0.4, 0.5) is 0 Å². The van der Waals surface area contributed by atoms with E-state index in [1.807, 2.05) is 0 Å². The normalized spacial score (nSPS) is 47.9. The second kappa shape index (κ2) is 5.34. The van der Waals surface area contributed by atoms with Gasteiger partial charge in [0.1, 0.15) is 6.23 Å². The van der Waals surface area contributed by atoms with Crippen molar-refractivity contribution in [1.82, 2.24) is 4.90 Å². The van der Waals surface area contributed by atoms with E-state index in [1.165, 1.54) is 12.8 Å². The number of carbonyl (C=O) groups is 1. The highest BCUT2D eigenvalue weighted by molar-refractivity contribution is 5.83. The third kappa shape index (κ3) is 2.22. The first-order valence-corrected chi connectivity index (χ1v) is 9.60. The van der Waals surface area contributed by atoms with Gasteiger partial charge in [-0.1, -0.05) is 32.4 Å². The number of hydrogen-bond donors (Lipinski definition) is 0. The molecule has 3 heteroatoms. The van der Waals surface area contributed by atoms with Crippen LogP contribution in [0.3, 0.4) is 0 Å². The van der Waals surface area contributed by atoms with Crippen LogP contribution in [-0.4, -0.2) is 28.7 Å². The molecule has 2 saturated heterocycles. The molecule has 1 unspecified atom stereocenters. The average Bonchev–Trinajstić information content (AvgIpc) is 2.80. The summed E-state index contributed by atoms with van der Waals surface area (Å²) in [4.78, 5) is 15.3. The minimum Gasteiger partial charge on any atom is -0.354 e. The van der Waals surface area contributed by atoms with E-state index in [2.05, 4.69) is 44.7 Å². The molecule has 2 aliphatic heterocycles. The largest absolute Gasteiger partial charge is 0.354 e. The summed E-state index contributed by atoms with van der Waals surface area (Å²) in [6.07, 6.45) is 10.7. The Kier molecular flexibility index (Phi) is 3.64. The molecule has 4 rings (SSSR count). The van der Waals surface area contributed by atoms with Crippen LogP contribution >= 0.6 is 0 Å². The molecule has 3 fully saturated rings. The quantitative estimate of drug-likeness (QED) is 0.684. The predicted molar refractivity (Wildman–Crippen MR) is 90.6 cm³/mol. The van der Waals surface area contributed by atoms with Gasteiger partial charge in [-0.2, -0.15) is 0 Å². The third-order valence-corrected chi connectivity index (χ3v) is 7.19. The molecule has 1 saturated carbocycles. The Morgan fingerprint density at radius 3 is 2.78 bits per heavy atom. The van der Waals surface area contributed by atoms with Crippen LogP contribution in [0.2, 0.25) is 0 Å². The molecule has 0 radical (unpaired) electrons. The fourth-order valence-electron chi connectivity index (χ4n) is 5.73. The zero-order chi connectivity index (χ0) is 16.4. The minimum atomic E-state index is -0.0717. The summed E-state index contributed by atoms with van der Waals surface area (Å²) in [5, 5.41) is 0. The molecule has 0 spiro atoms. The van der Waals surface area contributed by atoms with E-state index in [-0.39, 0.29) is 23.6 Å². The van der Waals surface area contributed by atoms with Crippen LogP contribution in [0.15, 0.2) is 12.2 Å². The van der Waals surface area contributed by atoms with Crippen molar-refractivity contribution in [1.29, 1.82) is 0 Å². The zero-order valence-corrected chi connectivity index (χ0v) is 15.0. The number of fused-ring (bicyclic) bond motifs is 4. The van der Waals surface area contributed by atoms with E-state index in [9.17, 15) is 4.79 Å². The van der Waals surface area contributed by atoms with Crippen LogP contribution in [0.1, 0.15) is 59.8 Å². The van der Waals surface area contributed by atoms with E-state index >= 15 is 0 Å². The lowest BCUT2D eigenvalue weighted by atomic mass is 9.70. The number of rotatable bonds is 1. The Morgan fingerprint density at radius 1 is 1.26 bits per heavy atom. The second-order valence-electron chi connectivity index (χ2n) is 8.92. The Labute approximate surface area is 140 Å². The van der Waals surface area contributed by atoms with Crippen molar-refractivity contribution in [2.75, 3.05) is 0 Å². The molecule has 0 bridgehead atoms. The van der Waals surface area contributed by atoms with Crippen LogP contribution in [-0.2, 0) is 9.53 Å². The van der Waals surface area contributed by atoms with Gasteiger partial charge in [-0.3, -0.25) is 4.79 Å². The summed E-state index contributed by atoms with van der Waals surface area (Å²) in [6.45, 7) is 9.13. The van der Waals surface area contributed by atoms with Gasteiger partial charge in [-0.25, -0.2) is 0 Å². The molecular formula is C20H31NO2. The first kappa shape index (κ1) is 15.7. The molecule has 0 N–H and O–H groups in total. The zero-order valence-electron chi connectivity index (χ0n) is 15.0. The van der Waals surface area contributed by atoms with Crippen LogP contribution in [0.25, 0.3) is 0 Å². The average molecular weight is 317 g/mol. The van der Waals surface area contributed by atoms with Crippen molar-refractivity contribution >= 4 is 5.91 Å². The number of hydrogen-bond acceptors (Lipinski definition) is 2. The smallest absolute Gasteiger partial charge is 0.228 e. The maximum atomic E-state index is 13.2. The number of allylic oxidation sites excluding steroid dienone is 1. The van der Waals surface area contributed by atoms with Gasteiger partial charge in [-0.15, -0.1) is 0 Å². The van der Waals surface area contributed by atoms with E-state index < -0.39 is 0 Å². The highest BCUT2D eigenvalue weighted by Crippen LogP contribution is 2.52. The van der Waals surface area contributed by atoms with Gasteiger partial charge in [0.25, 0.3) is 0 Å². The molecule has 128 valence electrons.